The number of benzene rings is 2. The number of phenols is 1. The number of nitrogens with one attached hydrogen (secondary N) is 1. The zero-order valence-corrected chi connectivity index (χ0v) is 22.0. The summed E-state index contributed by atoms with van der Waals surface area (Å²) in [5, 5.41) is 13.1. The number of hydrogen-bond donors (Lipinski definition) is 4. The number of hydrogen-bond acceptors (Lipinski definition) is 8. The fourth-order valence-corrected chi connectivity index (χ4v) is 4.43. The second-order valence-corrected chi connectivity index (χ2v) is 9.73. The molecule has 0 saturated carbocycles. The number of primary amides is 1. The topological polar surface area (TPSA) is 161 Å². The van der Waals surface area contributed by atoms with E-state index in [1.54, 1.807) is 18.2 Å². The summed E-state index contributed by atoms with van der Waals surface area (Å²) < 4.78 is 9.21. The predicted molar refractivity (Wildman–Crippen MR) is 143 cm³/mol. The Morgan fingerprint density at radius 3 is 2.41 bits per heavy atom. The molecular weight excluding hydrogens is 494 g/mol. The maximum Gasteiger partial charge on any atom is 0.273 e. The van der Waals surface area contributed by atoms with Gasteiger partial charge in [-0.15, -0.1) is 0 Å². The number of amides is 3. The van der Waals surface area contributed by atoms with Crippen LogP contribution < -0.4 is 26.4 Å². The number of carbonyl (C=O) groups is 3. The van der Waals surface area contributed by atoms with Gasteiger partial charge >= 0.3 is 0 Å². The van der Waals surface area contributed by atoms with E-state index in [1.807, 2.05) is 32.9 Å². The van der Waals surface area contributed by atoms with E-state index in [1.165, 1.54) is 24.1 Å². The van der Waals surface area contributed by atoms with Crippen molar-refractivity contribution in [2.75, 3.05) is 24.3 Å². The number of ether oxygens (including phenoxy) is 1. The van der Waals surface area contributed by atoms with Crippen LogP contribution in [0.1, 0.15) is 57.6 Å². The number of carbonyl (C=O) groups excluding carboxylic acids is 3. The molecule has 1 aromatic heterocycles. The summed E-state index contributed by atoms with van der Waals surface area (Å²) in [4.78, 5) is 40.7. The SMILES string of the molecule is COc1cc([C@H](C(=O)NCCC(C)C)N(C(=O)c2snc(C(N)=O)c2N)c2ccc(C)cc2)ccc1O. The number of aromatic hydroxyl groups is 1. The number of aromatic nitrogens is 1. The van der Waals surface area contributed by atoms with Crippen LogP contribution in [0.4, 0.5) is 11.4 Å². The van der Waals surface area contributed by atoms with Gasteiger partial charge in [0.05, 0.1) is 12.8 Å². The van der Waals surface area contributed by atoms with Crippen molar-refractivity contribution in [2.45, 2.75) is 33.2 Å². The van der Waals surface area contributed by atoms with Crippen molar-refractivity contribution in [3.05, 3.63) is 64.2 Å². The summed E-state index contributed by atoms with van der Waals surface area (Å²) in [7, 11) is 1.39. The number of nitrogens with two attached hydrogens (primary N) is 2. The molecule has 0 bridgehead atoms. The molecule has 0 fully saturated rings. The molecule has 2 aromatic carbocycles. The summed E-state index contributed by atoms with van der Waals surface area (Å²) in [6.07, 6.45) is 0.736. The largest absolute Gasteiger partial charge is 0.504 e. The molecule has 0 aliphatic heterocycles. The average Bonchev–Trinajstić information content (AvgIpc) is 3.24. The van der Waals surface area contributed by atoms with Crippen molar-refractivity contribution < 1.29 is 24.2 Å². The van der Waals surface area contributed by atoms with Gasteiger partial charge in [-0.3, -0.25) is 19.3 Å². The van der Waals surface area contributed by atoms with E-state index in [-0.39, 0.29) is 27.8 Å². The van der Waals surface area contributed by atoms with Gasteiger partial charge in [-0.1, -0.05) is 37.6 Å². The maximum atomic E-state index is 14.0. The normalized spacial score (nSPS) is 11.7. The van der Waals surface area contributed by atoms with Gasteiger partial charge in [0, 0.05) is 12.2 Å². The lowest BCUT2D eigenvalue weighted by Crippen LogP contribution is -2.44. The first kappa shape index (κ1) is 27.5. The highest BCUT2D eigenvalue weighted by molar-refractivity contribution is 7.09. The standard InChI is InChI=1S/C26H31N5O5S/c1-14(2)11-12-29-25(34)22(16-7-10-18(32)19(13-16)36-4)31(17-8-5-15(3)6-9-17)26(35)23-20(27)21(24(28)33)30-37-23/h5-10,13-14,22,32H,11-12,27H2,1-4H3,(H2,28,33)(H,29,34)/t22-/m1/s1. The molecule has 0 aliphatic rings. The van der Waals surface area contributed by atoms with E-state index in [4.69, 9.17) is 16.2 Å². The Hall–Kier alpha value is -4.12. The Balaban J connectivity index is 2.20. The lowest BCUT2D eigenvalue weighted by Gasteiger charge is -2.31. The summed E-state index contributed by atoms with van der Waals surface area (Å²) in [5.74, 6) is -1.56. The van der Waals surface area contributed by atoms with E-state index in [0.717, 1.165) is 23.5 Å². The highest BCUT2D eigenvalue weighted by Gasteiger charge is 2.36. The maximum absolute atomic E-state index is 14.0. The van der Waals surface area contributed by atoms with Crippen molar-refractivity contribution in [2.24, 2.45) is 11.7 Å². The van der Waals surface area contributed by atoms with E-state index in [2.05, 4.69) is 9.69 Å². The molecule has 0 saturated heterocycles. The van der Waals surface area contributed by atoms with Crippen LogP contribution in [0.2, 0.25) is 0 Å². The van der Waals surface area contributed by atoms with Crippen LogP contribution in [0.3, 0.4) is 0 Å². The van der Waals surface area contributed by atoms with Crippen molar-refractivity contribution in [3.8, 4) is 11.5 Å². The summed E-state index contributed by atoms with van der Waals surface area (Å²) >= 11 is 0.731. The van der Waals surface area contributed by atoms with Crippen molar-refractivity contribution >= 4 is 40.6 Å². The fourth-order valence-electron chi connectivity index (χ4n) is 3.69. The predicted octanol–water partition coefficient (Wildman–Crippen LogP) is 3.40. The first-order valence-electron chi connectivity index (χ1n) is 11.6. The lowest BCUT2D eigenvalue weighted by atomic mass is 10.0. The number of nitrogens with zero attached hydrogens (tertiary/aromatic N) is 2. The molecule has 3 aromatic rings. The van der Waals surface area contributed by atoms with Crippen LogP contribution in [-0.2, 0) is 4.79 Å². The molecule has 1 atom stereocenters. The van der Waals surface area contributed by atoms with Gasteiger partial charge in [0.15, 0.2) is 17.2 Å². The minimum atomic E-state index is -1.17. The Bertz CT molecular complexity index is 1290. The zero-order valence-electron chi connectivity index (χ0n) is 21.1. The molecule has 0 radical (unpaired) electrons. The van der Waals surface area contributed by atoms with Gasteiger partial charge in [0.2, 0.25) is 5.91 Å². The van der Waals surface area contributed by atoms with Crippen molar-refractivity contribution in [1.82, 2.24) is 9.69 Å². The molecule has 3 rings (SSSR count). The third kappa shape index (κ3) is 6.18. The van der Waals surface area contributed by atoms with E-state index in [0.29, 0.717) is 23.7 Å². The molecule has 196 valence electrons. The van der Waals surface area contributed by atoms with Gasteiger partial charge in [-0.05, 0) is 60.6 Å². The fraction of sp³-hybridized carbons (Fsp3) is 0.308. The van der Waals surface area contributed by atoms with Gasteiger partial charge in [-0.2, -0.15) is 4.37 Å². The molecule has 0 aliphatic carbocycles. The summed E-state index contributed by atoms with van der Waals surface area (Å²) in [6, 6.07) is 10.3. The Labute approximate surface area is 219 Å². The van der Waals surface area contributed by atoms with Crippen molar-refractivity contribution in [3.63, 3.8) is 0 Å². The van der Waals surface area contributed by atoms with E-state index in [9.17, 15) is 19.5 Å². The Kier molecular flexibility index (Phi) is 8.72. The molecule has 3 amide bonds. The van der Waals surface area contributed by atoms with Crippen LogP contribution in [0.25, 0.3) is 0 Å². The number of aryl methyl sites for hydroxylation is 1. The first-order chi connectivity index (χ1) is 17.5. The molecule has 0 spiro atoms. The van der Waals surface area contributed by atoms with E-state index >= 15 is 0 Å². The minimum absolute atomic E-state index is 0.0277. The molecule has 10 nitrogen and oxygen atoms in total. The third-order valence-corrected chi connectivity index (χ3v) is 6.58. The number of rotatable bonds is 10. The highest BCUT2D eigenvalue weighted by atomic mass is 32.1. The number of anilines is 2. The molecule has 6 N–H and O–H groups in total. The van der Waals surface area contributed by atoms with Crippen LogP contribution in [0.15, 0.2) is 42.5 Å². The van der Waals surface area contributed by atoms with Gasteiger partial charge < -0.3 is 26.6 Å². The van der Waals surface area contributed by atoms with Crippen LogP contribution in [0.5, 0.6) is 11.5 Å². The molecule has 1 heterocycles. The highest BCUT2D eigenvalue weighted by Crippen LogP contribution is 2.36. The van der Waals surface area contributed by atoms with Gasteiger partial charge in [-0.25, -0.2) is 0 Å². The van der Waals surface area contributed by atoms with Crippen LogP contribution in [0, 0.1) is 12.8 Å². The van der Waals surface area contributed by atoms with Crippen LogP contribution >= 0.6 is 11.5 Å². The number of nitrogen functional groups attached to an aromatic ring is 1. The molecule has 37 heavy (non-hydrogen) atoms. The smallest absolute Gasteiger partial charge is 0.273 e. The number of methoxy groups -OCH3 is 1. The molecular formula is C26H31N5O5S. The third-order valence-electron chi connectivity index (χ3n) is 5.73. The second kappa shape index (κ2) is 11.7. The summed E-state index contributed by atoms with van der Waals surface area (Å²) in [6.45, 7) is 6.38. The molecule has 11 heteroatoms. The molecule has 0 unspecified atom stereocenters. The zero-order chi connectivity index (χ0) is 27.3. The van der Waals surface area contributed by atoms with Crippen LogP contribution in [-0.4, -0.2) is 40.9 Å². The van der Waals surface area contributed by atoms with E-state index < -0.39 is 23.8 Å². The van der Waals surface area contributed by atoms with Gasteiger partial charge in [0.25, 0.3) is 11.8 Å². The Morgan fingerprint density at radius 2 is 1.84 bits per heavy atom. The monoisotopic (exact) mass is 525 g/mol. The van der Waals surface area contributed by atoms with Crippen molar-refractivity contribution in [1.29, 1.82) is 0 Å². The minimum Gasteiger partial charge on any atom is -0.504 e. The lowest BCUT2D eigenvalue weighted by molar-refractivity contribution is -0.122. The number of phenolic OH excluding ortho intramolecular Hbond substituents is 1. The second-order valence-electron chi connectivity index (χ2n) is 8.96. The summed E-state index contributed by atoms with van der Waals surface area (Å²) in [5.41, 5.74) is 12.8. The average molecular weight is 526 g/mol. The Morgan fingerprint density at radius 1 is 1.16 bits per heavy atom. The van der Waals surface area contributed by atoms with Gasteiger partial charge in [0.1, 0.15) is 10.9 Å². The first-order valence-corrected chi connectivity index (χ1v) is 12.4. The quantitative estimate of drug-likeness (QED) is 0.315.